The molecule has 106 valence electrons. The van der Waals surface area contributed by atoms with E-state index < -0.39 is 5.97 Å². The average molecular weight is 265 g/mol. The minimum atomic E-state index is -0.842. The third-order valence-electron chi connectivity index (χ3n) is 2.40. The number of hydrogen-bond acceptors (Lipinski definition) is 3. The van der Waals surface area contributed by atoms with Gasteiger partial charge in [0, 0.05) is 12.3 Å². The van der Waals surface area contributed by atoms with E-state index in [1.54, 1.807) is 12.1 Å². The van der Waals surface area contributed by atoms with Crippen LogP contribution in [0.5, 0.6) is 0 Å². The van der Waals surface area contributed by atoms with Crippen molar-refractivity contribution in [2.24, 2.45) is 11.7 Å². The molecule has 0 saturated heterocycles. The number of hydrogen-bond donors (Lipinski definition) is 2. The molecule has 0 aliphatic carbocycles. The Morgan fingerprint density at radius 1 is 1.11 bits per heavy atom. The van der Waals surface area contributed by atoms with Crippen molar-refractivity contribution in [2.45, 2.75) is 33.6 Å². The van der Waals surface area contributed by atoms with Gasteiger partial charge in [0.15, 0.2) is 0 Å². The molecule has 0 radical (unpaired) electrons. The maximum absolute atomic E-state index is 11.5. The van der Waals surface area contributed by atoms with Crippen LogP contribution in [0.1, 0.15) is 31.9 Å². The normalized spacial score (nSPS) is 9.74. The van der Waals surface area contributed by atoms with Crippen molar-refractivity contribution in [3.63, 3.8) is 0 Å². The maximum atomic E-state index is 11.5. The van der Waals surface area contributed by atoms with Gasteiger partial charge in [0.1, 0.15) is 5.78 Å². The molecule has 0 aromatic heterocycles. The van der Waals surface area contributed by atoms with E-state index in [4.69, 9.17) is 10.8 Å². The molecular weight excluding hydrogens is 242 g/mol. The number of carboxylic acid groups (broad SMARTS) is 1. The molecule has 0 bridgehead atoms. The summed E-state index contributed by atoms with van der Waals surface area (Å²) in [5.41, 5.74) is 6.54. The van der Waals surface area contributed by atoms with Crippen molar-refractivity contribution in [2.75, 3.05) is 6.54 Å². The summed E-state index contributed by atoms with van der Waals surface area (Å²) in [5, 5.41) is 8.60. The molecule has 4 heteroatoms. The zero-order valence-corrected chi connectivity index (χ0v) is 11.8. The summed E-state index contributed by atoms with van der Waals surface area (Å²) in [6, 6.07) is 7.16. The number of rotatable bonds is 5. The van der Waals surface area contributed by atoms with E-state index in [1.807, 2.05) is 32.9 Å². The van der Waals surface area contributed by atoms with E-state index in [-0.39, 0.29) is 18.1 Å². The second-order valence-electron chi connectivity index (χ2n) is 4.59. The van der Waals surface area contributed by atoms with Crippen LogP contribution in [0.2, 0.25) is 0 Å². The van der Waals surface area contributed by atoms with Crippen molar-refractivity contribution >= 4 is 11.8 Å². The maximum Gasteiger partial charge on any atom is 0.307 e. The monoisotopic (exact) mass is 265 g/mol. The van der Waals surface area contributed by atoms with Gasteiger partial charge >= 0.3 is 5.97 Å². The second kappa shape index (κ2) is 9.28. The molecule has 3 N–H and O–H groups in total. The van der Waals surface area contributed by atoms with Crippen LogP contribution >= 0.6 is 0 Å². The Morgan fingerprint density at radius 2 is 1.47 bits per heavy atom. The molecule has 0 saturated carbocycles. The molecule has 0 amide bonds. The molecule has 0 heterocycles. The molecule has 1 aromatic rings. The van der Waals surface area contributed by atoms with Crippen molar-refractivity contribution < 1.29 is 14.7 Å². The third kappa shape index (κ3) is 8.11. The Kier molecular flexibility index (Phi) is 8.46. The van der Waals surface area contributed by atoms with Gasteiger partial charge in [-0.25, -0.2) is 0 Å². The first-order chi connectivity index (χ1) is 8.90. The van der Waals surface area contributed by atoms with E-state index in [2.05, 4.69) is 0 Å². The highest BCUT2D eigenvalue weighted by atomic mass is 16.4. The highest BCUT2D eigenvalue weighted by molar-refractivity contribution is 5.82. The number of Topliss-reactive ketones (excluding diaryl/α,β-unsaturated/α-hetero) is 1. The van der Waals surface area contributed by atoms with Crippen LogP contribution in [0.25, 0.3) is 0 Å². The minimum absolute atomic E-state index is 0.0262. The lowest BCUT2D eigenvalue weighted by Crippen LogP contribution is -2.10. The zero-order chi connectivity index (χ0) is 14.8. The SMILES string of the molecule is CC(C)C(=O)Cc1ccc(CC(=O)O)cc1.CCN. The lowest BCUT2D eigenvalue weighted by atomic mass is 10.00. The topological polar surface area (TPSA) is 80.4 Å². The molecule has 1 rings (SSSR count). The summed E-state index contributed by atoms with van der Waals surface area (Å²) >= 11 is 0. The van der Waals surface area contributed by atoms with Crippen molar-refractivity contribution in [1.82, 2.24) is 0 Å². The van der Waals surface area contributed by atoms with Gasteiger partial charge in [0.05, 0.1) is 6.42 Å². The van der Waals surface area contributed by atoms with Crippen LogP contribution in [-0.2, 0) is 22.4 Å². The van der Waals surface area contributed by atoms with Crippen molar-refractivity contribution in [3.05, 3.63) is 35.4 Å². The van der Waals surface area contributed by atoms with Gasteiger partial charge in [-0.2, -0.15) is 0 Å². The number of ketones is 1. The van der Waals surface area contributed by atoms with Crippen LogP contribution in [0.4, 0.5) is 0 Å². The molecule has 0 aliphatic heterocycles. The number of benzene rings is 1. The van der Waals surface area contributed by atoms with Crippen molar-refractivity contribution in [1.29, 1.82) is 0 Å². The van der Waals surface area contributed by atoms with Gasteiger partial charge in [-0.05, 0) is 17.7 Å². The van der Waals surface area contributed by atoms with Crippen LogP contribution in [0, 0.1) is 5.92 Å². The molecule has 0 aliphatic rings. The fourth-order valence-corrected chi connectivity index (χ4v) is 1.35. The first kappa shape index (κ1) is 17.3. The van der Waals surface area contributed by atoms with Gasteiger partial charge < -0.3 is 10.8 Å². The first-order valence-corrected chi connectivity index (χ1v) is 6.43. The number of carbonyl (C=O) groups is 2. The minimum Gasteiger partial charge on any atom is -0.481 e. The van der Waals surface area contributed by atoms with E-state index >= 15 is 0 Å². The molecule has 1 aromatic carbocycles. The predicted octanol–water partition coefficient (Wildman–Crippen LogP) is 2.05. The molecule has 0 fully saturated rings. The van der Waals surface area contributed by atoms with Crippen LogP contribution in [0.15, 0.2) is 24.3 Å². The number of carboxylic acids is 1. The van der Waals surface area contributed by atoms with Gasteiger partial charge in [0.2, 0.25) is 0 Å². The van der Waals surface area contributed by atoms with E-state index in [9.17, 15) is 9.59 Å². The second-order valence-corrected chi connectivity index (χ2v) is 4.59. The van der Waals surface area contributed by atoms with E-state index in [0.29, 0.717) is 6.42 Å². The van der Waals surface area contributed by atoms with Gasteiger partial charge in [-0.1, -0.05) is 45.0 Å². The predicted molar refractivity (Wildman–Crippen MR) is 76.1 cm³/mol. The molecule has 0 spiro atoms. The summed E-state index contributed by atoms with van der Waals surface area (Å²) in [4.78, 5) is 21.9. The fourth-order valence-electron chi connectivity index (χ4n) is 1.35. The van der Waals surface area contributed by atoms with Gasteiger partial charge in [-0.15, -0.1) is 0 Å². The number of nitrogens with two attached hydrogens (primary N) is 1. The summed E-state index contributed by atoms with van der Waals surface area (Å²) in [6.45, 7) is 6.41. The highest BCUT2D eigenvalue weighted by Gasteiger charge is 2.08. The first-order valence-electron chi connectivity index (χ1n) is 6.43. The van der Waals surface area contributed by atoms with Gasteiger partial charge in [0.25, 0.3) is 0 Å². The molecular formula is C15H23NO3. The number of carbonyl (C=O) groups excluding carboxylic acids is 1. The Labute approximate surface area is 114 Å². The summed E-state index contributed by atoms with van der Waals surface area (Å²) < 4.78 is 0. The Morgan fingerprint density at radius 3 is 1.79 bits per heavy atom. The van der Waals surface area contributed by atoms with Crippen LogP contribution in [0.3, 0.4) is 0 Å². The molecule has 19 heavy (non-hydrogen) atoms. The van der Waals surface area contributed by atoms with E-state index in [0.717, 1.165) is 17.7 Å². The Balaban J connectivity index is 0.000000982. The Bertz CT molecular complexity index is 396. The number of aliphatic carboxylic acids is 1. The lowest BCUT2D eigenvalue weighted by molar-refractivity contribution is -0.136. The zero-order valence-electron chi connectivity index (χ0n) is 11.8. The average Bonchev–Trinajstić information content (AvgIpc) is 2.31. The largest absolute Gasteiger partial charge is 0.481 e. The lowest BCUT2D eigenvalue weighted by Gasteiger charge is -2.04. The summed E-state index contributed by atoms with van der Waals surface area (Å²) in [6.07, 6.45) is 0.448. The van der Waals surface area contributed by atoms with Crippen LogP contribution in [-0.4, -0.2) is 23.4 Å². The van der Waals surface area contributed by atoms with E-state index in [1.165, 1.54) is 0 Å². The molecule has 0 atom stereocenters. The third-order valence-corrected chi connectivity index (χ3v) is 2.40. The summed E-state index contributed by atoms with van der Waals surface area (Å²) in [5.74, 6) is -0.601. The fraction of sp³-hybridized carbons (Fsp3) is 0.467. The van der Waals surface area contributed by atoms with Crippen molar-refractivity contribution in [3.8, 4) is 0 Å². The molecule has 0 unspecified atom stereocenters. The standard InChI is InChI=1S/C13H16O3.C2H7N/c1-9(2)12(14)7-10-3-5-11(6-4-10)8-13(15)16;1-2-3/h3-6,9H,7-8H2,1-2H3,(H,15,16);2-3H2,1H3. The smallest absolute Gasteiger partial charge is 0.307 e. The van der Waals surface area contributed by atoms with Gasteiger partial charge in [-0.3, -0.25) is 9.59 Å². The van der Waals surface area contributed by atoms with Crippen LogP contribution < -0.4 is 5.73 Å². The highest BCUT2D eigenvalue weighted by Crippen LogP contribution is 2.08. The Hall–Kier alpha value is -1.68. The quantitative estimate of drug-likeness (QED) is 0.853. The molecule has 4 nitrogen and oxygen atoms in total. The summed E-state index contributed by atoms with van der Waals surface area (Å²) in [7, 11) is 0.